The zero-order valence-electron chi connectivity index (χ0n) is 7.55. The normalized spacial score (nSPS) is 32.9. The Labute approximate surface area is 68.4 Å². The van der Waals surface area contributed by atoms with Crippen LogP contribution < -0.4 is 5.32 Å². The molecule has 1 saturated heterocycles. The smallest absolute Gasteiger partial charge is 0.136 e. The van der Waals surface area contributed by atoms with E-state index in [9.17, 15) is 4.79 Å². The maximum Gasteiger partial charge on any atom is 0.136 e. The molecule has 1 aliphatic rings. The third kappa shape index (κ3) is 2.29. The molecule has 0 radical (unpaired) electrons. The van der Waals surface area contributed by atoms with Crippen LogP contribution in [0.2, 0.25) is 0 Å². The van der Waals surface area contributed by atoms with E-state index in [1.807, 2.05) is 0 Å². The van der Waals surface area contributed by atoms with Crippen LogP contribution in [0.25, 0.3) is 0 Å². The lowest BCUT2D eigenvalue weighted by Crippen LogP contribution is -2.46. The summed E-state index contributed by atoms with van der Waals surface area (Å²) in [6.07, 6.45) is 1.44. The number of rotatable bonds is 1. The summed E-state index contributed by atoms with van der Waals surface area (Å²) in [5.41, 5.74) is 0. The lowest BCUT2D eigenvalue weighted by atomic mass is 9.91. The van der Waals surface area contributed by atoms with Crippen molar-refractivity contribution < 1.29 is 4.79 Å². The number of hydrogen-bond acceptors (Lipinski definition) is 2. The summed E-state index contributed by atoms with van der Waals surface area (Å²) in [5, 5.41) is 3.43. The maximum atomic E-state index is 11.1. The van der Waals surface area contributed by atoms with E-state index in [0.29, 0.717) is 30.2 Å². The molecule has 64 valence electrons. The molecule has 2 nitrogen and oxygen atoms in total. The first kappa shape index (κ1) is 8.72. The summed E-state index contributed by atoms with van der Waals surface area (Å²) < 4.78 is 0. The Morgan fingerprint density at radius 3 is 2.55 bits per heavy atom. The second kappa shape index (κ2) is 3.35. The van der Waals surface area contributed by atoms with Crippen molar-refractivity contribution in [3.05, 3.63) is 0 Å². The van der Waals surface area contributed by atoms with Crippen molar-refractivity contribution in [2.24, 2.45) is 5.92 Å². The van der Waals surface area contributed by atoms with Gasteiger partial charge in [0.1, 0.15) is 5.78 Å². The number of hydrogen-bond donors (Lipinski definition) is 1. The van der Waals surface area contributed by atoms with E-state index >= 15 is 0 Å². The molecule has 0 spiro atoms. The van der Waals surface area contributed by atoms with E-state index in [0.717, 1.165) is 6.42 Å². The molecule has 1 aliphatic heterocycles. The Morgan fingerprint density at radius 1 is 1.45 bits per heavy atom. The monoisotopic (exact) mass is 155 g/mol. The molecule has 0 saturated carbocycles. The summed E-state index contributed by atoms with van der Waals surface area (Å²) in [6.45, 7) is 6.39. The largest absolute Gasteiger partial charge is 0.310 e. The molecule has 2 heteroatoms. The van der Waals surface area contributed by atoms with E-state index in [2.05, 4.69) is 26.1 Å². The molecule has 0 amide bonds. The molecule has 1 rings (SSSR count). The molecule has 0 aromatic heterocycles. The highest BCUT2D eigenvalue weighted by molar-refractivity contribution is 5.80. The van der Waals surface area contributed by atoms with Crippen molar-refractivity contribution in [3.8, 4) is 0 Å². The highest BCUT2D eigenvalue weighted by Gasteiger charge is 2.25. The van der Waals surface area contributed by atoms with E-state index in [1.54, 1.807) is 0 Å². The minimum Gasteiger partial charge on any atom is -0.310 e. The van der Waals surface area contributed by atoms with Crippen molar-refractivity contribution in [1.29, 1.82) is 0 Å². The van der Waals surface area contributed by atoms with Crippen molar-refractivity contribution in [3.63, 3.8) is 0 Å². The maximum absolute atomic E-state index is 11.1. The number of ketones is 1. The van der Waals surface area contributed by atoms with Crippen LogP contribution in [0, 0.1) is 5.92 Å². The van der Waals surface area contributed by atoms with Gasteiger partial charge in [0.05, 0.1) is 0 Å². The van der Waals surface area contributed by atoms with Crippen LogP contribution in [0.15, 0.2) is 0 Å². The van der Waals surface area contributed by atoms with Gasteiger partial charge in [0.15, 0.2) is 0 Å². The Hall–Kier alpha value is -0.370. The Kier molecular flexibility index (Phi) is 2.66. The quantitative estimate of drug-likeness (QED) is 0.619. The van der Waals surface area contributed by atoms with Gasteiger partial charge in [0, 0.05) is 24.9 Å². The van der Waals surface area contributed by atoms with Gasteiger partial charge >= 0.3 is 0 Å². The van der Waals surface area contributed by atoms with Gasteiger partial charge in [-0.25, -0.2) is 0 Å². The Morgan fingerprint density at radius 2 is 2.09 bits per heavy atom. The van der Waals surface area contributed by atoms with Crippen LogP contribution in [0.3, 0.4) is 0 Å². The molecule has 1 heterocycles. The number of carbonyl (C=O) groups is 1. The first-order chi connectivity index (χ1) is 5.09. The average Bonchev–Trinajstić information content (AvgIpc) is 1.85. The van der Waals surface area contributed by atoms with Crippen LogP contribution in [-0.2, 0) is 4.79 Å². The number of nitrogens with one attached hydrogen (secondary N) is 1. The molecule has 1 N–H and O–H groups in total. The molecule has 11 heavy (non-hydrogen) atoms. The number of Topliss-reactive ketones (excluding diaryl/α,β-unsaturated/α-hetero) is 1. The molecule has 0 aromatic carbocycles. The SMILES string of the molecule is CC(C)[C@H]1CC(=O)C[C@H](C)N1. The highest BCUT2D eigenvalue weighted by atomic mass is 16.1. The summed E-state index contributed by atoms with van der Waals surface area (Å²) in [5.74, 6) is 0.983. The van der Waals surface area contributed by atoms with E-state index in [-0.39, 0.29) is 0 Å². The topological polar surface area (TPSA) is 29.1 Å². The predicted molar refractivity (Wildman–Crippen MR) is 45.5 cm³/mol. The Balaban J connectivity index is 2.49. The molecule has 0 aliphatic carbocycles. The predicted octanol–water partition coefficient (Wildman–Crippen LogP) is 1.35. The molecular weight excluding hydrogens is 138 g/mol. The molecule has 0 bridgehead atoms. The first-order valence-electron chi connectivity index (χ1n) is 4.37. The average molecular weight is 155 g/mol. The van der Waals surface area contributed by atoms with Crippen molar-refractivity contribution >= 4 is 5.78 Å². The van der Waals surface area contributed by atoms with Gasteiger partial charge < -0.3 is 5.32 Å². The molecular formula is C9H17NO. The second-order valence-corrected chi connectivity index (χ2v) is 3.87. The van der Waals surface area contributed by atoms with Gasteiger partial charge in [-0.2, -0.15) is 0 Å². The third-order valence-corrected chi connectivity index (χ3v) is 2.28. The van der Waals surface area contributed by atoms with Crippen LogP contribution in [0.1, 0.15) is 33.6 Å². The summed E-state index contributed by atoms with van der Waals surface area (Å²) >= 11 is 0. The van der Waals surface area contributed by atoms with Crippen molar-refractivity contribution in [2.45, 2.75) is 45.7 Å². The summed E-state index contributed by atoms with van der Waals surface area (Å²) in [7, 11) is 0. The number of piperidine rings is 1. The van der Waals surface area contributed by atoms with E-state index in [1.165, 1.54) is 0 Å². The van der Waals surface area contributed by atoms with Gasteiger partial charge in [-0.05, 0) is 12.8 Å². The van der Waals surface area contributed by atoms with Gasteiger partial charge in [0.25, 0.3) is 0 Å². The Bertz CT molecular complexity index is 154. The lowest BCUT2D eigenvalue weighted by Gasteiger charge is -2.30. The summed E-state index contributed by atoms with van der Waals surface area (Å²) in [6, 6.07) is 0.787. The number of carbonyl (C=O) groups excluding carboxylic acids is 1. The standard InChI is InChI=1S/C9H17NO/c1-6(2)9-5-8(11)4-7(3)10-9/h6-7,9-10H,4-5H2,1-3H3/t7-,9+/m0/s1. The van der Waals surface area contributed by atoms with Crippen LogP contribution in [0.5, 0.6) is 0 Å². The minimum absolute atomic E-state index is 0.378. The summed E-state index contributed by atoms with van der Waals surface area (Å²) in [4.78, 5) is 11.1. The van der Waals surface area contributed by atoms with Gasteiger partial charge in [-0.3, -0.25) is 4.79 Å². The fraction of sp³-hybridized carbons (Fsp3) is 0.889. The van der Waals surface area contributed by atoms with Gasteiger partial charge in [-0.15, -0.1) is 0 Å². The van der Waals surface area contributed by atoms with Gasteiger partial charge in [-0.1, -0.05) is 13.8 Å². The van der Waals surface area contributed by atoms with E-state index < -0.39 is 0 Å². The van der Waals surface area contributed by atoms with Crippen LogP contribution in [-0.4, -0.2) is 17.9 Å². The highest BCUT2D eigenvalue weighted by Crippen LogP contribution is 2.15. The van der Waals surface area contributed by atoms with Crippen molar-refractivity contribution in [2.75, 3.05) is 0 Å². The molecule has 2 atom stereocenters. The zero-order chi connectivity index (χ0) is 8.43. The third-order valence-electron chi connectivity index (χ3n) is 2.28. The second-order valence-electron chi connectivity index (χ2n) is 3.87. The van der Waals surface area contributed by atoms with Crippen LogP contribution >= 0.6 is 0 Å². The molecule has 1 fully saturated rings. The zero-order valence-corrected chi connectivity index (χ0v) is 7.55. The minimum atomic E-state index is 0.378. The molecule has 0 aromatic rings. The van der Waals surface area contributed by atoms with Crippen LogP contribution in [0.4, 0.5) is 0 Å². The first-order valence-corrected chi connectivity index (χ1v) is 4.37. The lowest BCUT2D eigenvalue weighted by molar-refractivity contribution is -0.121. The van der Waals surface area contributed by atoms with Gasteiger partial charge in [0.2, 0.25) is 0 Å². The van der Waals surface area contributed by atoms with E-state index in [4.69, 9.17) is 0 Å². The van der Waals surface area contributed by atoms with Crippen molar-refractivity contribution in [1.82, 2.24) is 5.32 Å². The fourth-order valence-corrected chi connectivity index (χ4v) is 1.58. The fourth-order valence-electron chi connectivity index (χ4n) is 1.58. The molecule has 0 unspecified atom stereocenters.